The first-order chi connectivity index (χ1) is 20.0. The van der Waals surface area contributed by atoms with E-state index in [-0.39, 0.29) is 25.2 Å². The molecule has 11 nitrogen and oxygen atoms in total. The lowest BCUT2D eigenvalue weighted by Crippen LogP contribution is -2.57. The zero-order valence-corrected chi connectivity index (χ0v) is 23.9. The molecule has 4 aromatic rings. The van der Waals surface area contributed by atoms with Gasteiger partial charge in [-0.3, -0.25) is 14.4 Å². The van der Waals surface area contributed by atoms with Gasteiger partial charge >= 0.3 is 5.97 Å². The molecule has 0 saturated heterocycles. The van der Waals surface area contributed by atoms with Crippen LogP contribution in [0.25, 0.3) is 21.8 Å². The summed E-state index contributed by atoms with van der Waals surface area (Å²) in [4.78, 5) is 57.6. The Balaban J connectivity index is 1.45. The number of aromatic amines is 2. The maximum Gasteiger partial charge on any atom is 0.326 e. The molecule has 4 unspecified atom stereocenters. The predicted molar refractivity (Wildman–Crippen MR) is 161 cm³/mol. The smallest absolute Gasteiger partial charge is 0.326 e. The van der Waals surface area contributed by atoms with Gasteiger partial charge in [0.25, 0.3) is 0 Å². The summed E-state index contributed by atoms with van der Waals surface area (Å²) in [5, 5.41) is 19.4. The highest BCUT2D eigenvalue weighted by Gasteiger charge is 2.30. The van der Waals surface area contributed by atoms with E-state index in [4.69, 9.17) is 5.73 Å². The summed E-state index contributed by atoms with van der Waals surface area (Å²) in [6.07, 6.45) is 4.18. The van der Waals surface area contributed by atoms with Crippen molar-refractivity contribution in [3.05, 3.63) is 72.1 Å². The number of rotatable bonds is 13. The van der Waals surface area contributed by atoms with Crippen molar-refractivity contribution in [3.63, 3.8) is 0 Å². The minimum Gasteiger partial charge on any atom is -0.480 e. The van der Waals surface area contributed by atoms with Crippen molar-refractivity contribution in [2.24, 2.45) is 11.7 Å². The van der Waals surface area contributed by atoms with Gasteiger partial charge in [0, 0.05) is 40.6 Å². The number of carbonyl (C=O) groups is 4. The van der Waals surface area contributed by atoms with Crippen LogP contribution in [0.1, 0.15) is 38.3 Å². The first kappa shape index (κ1) is 30.3. The molecule has 0 aliphatic carbocycles. The van der Waals surface area contributed by atoms with Crippen molar-refractivity contribution in [2.75, 3.05) is 0 Å². The van der Waals surface area contributed by atoms with Crippen LogP contribution in [-0.2, 0) is 32.0 Å². The highest BCUT2D eigenvalue weighted by Crippen LogP contribution is 2.20. The van der Waals surface area contributed by atoms with Crippen LogP contribution in [0.2, 0.25) is 0 Å². The highest BCUT2D eigenvalue weighted by atomic mass is 16.4. The molecule has 0 radical (unpaired) electrons. The van der Waals surface area contributed by atoms with Gasteiger partial charge in [-0.25, -0.2) is 4.79 Å². The average molecular weight is 575 g/mol. The molecule has 222 valence electrons. The SMILES string of the molecule is CC(C)CC(NC(=O)C(Cc1c[nH]c2ccccc12)NC(=O)C(C)NC(=O)C(N)Cc1c[nH]c2ccccc12)C(=O)O. The fraction of sp³-hybridized carbons (Fsp3) is 0.355. The second kappa shape index (κ2) is 13.3. The van der Waals surface area contributed by atoms with Crippen molar-refractivity contribution < 1.29 is 24.3 Å². The molecule has 2 heterocycles. The third-order valence-corrected chi connectivity index (χ3v) is 7.26. The van der Waals surface area contributed by atoms with Crippen molar-refractivity contribution in [3.8, 4) is 0 Å². The number of nitrogens with two attached hydrogens (primary N) is 1. The number of aliphatic carboxylic acids is 1. The van der Waals surface area contributed by atoms with Crippen LogP contribution >= 0.6 is 0 Å². The molecule has 0 aliphatic rings. The Hall–Kier alpha value is -4.64. The lowest BCUT2D eigenvalue weighted by molar-refractivity contribution is -0.142. The summed E-state index contributed by atoms with van der Waals surface area (Å²) in [5.74, 6) is -2.87. The van der Waals surface area contributed by atoms with Gasteiger partial charge in [0.05, 0.1) is 6.04 Å². The number of carboxylic acid groups (broad SMARTS) is 1. The zero-order valence-electron chi connectivity index (χ0n) is 23.9. The molecule has 0 fully saturated rings. The molecule has 2 aromatic carbocycles. The molecular weight excluding hydrogens is 536 g/mol. The fourth-order valence-electron chi connectivity index (χ4n) is 5.01. The second-order valence-electron chi connectivity index (χ2n) is 11.1. The lowest BCUT2D eigenvalue weighted by atomic mass is 10.0. The average Bonchev–Trinajstić information content (AvgIpc) is 3.56. The number of hydrogen-bond acceptors (Lipinski definition) is 5. The third kappa shape index (κ3) is 7.35. The standard InChI is InChI=1S/C31H38N6O5/c1-17(2)12-27(31(41)42)37-30(40)26(14-20-16-34-25-11-7-5-9-22(20)25)36-28(38)18(3)35-29(39)23(32)13-19-15-33-24-10-6-4-8-21(19)24/h4-11,15-18,23,26-27,33-34H,12-14,32H2,1-3H3,(H,35,39)(H,36,38)(H,37,40)(H,41,42). The largest absolute Gasteiger partial charge is 0.480 e. The summed E-state index contributed by atoms with van der Waals surface area (Å²) in [5.41, 5.74) is 9.65. The van der Waals surface area contributed by atoms with Gasteiger partial charge in [0.1, 0.15) is 18.1 Å². The van der Waals surface area contributed by atoms with E-state index in [0.717, 1.165) is 32.9 Å². The second-order valence-corrected chi connectivity index (χ2v) is 11.1. The number of aromatic nitrogens is 2. The van der Waals surface area contributed by atoms with Crippen LogP contribution < -0.4 is 21.7 Å². The van der Waals surface area contributed by atoms with Crippen LogP contribution in [0.4, 0.5) is 0 Å². The van der Waals surface area contributed by atoms with Crippen LogP contribution in [0.15, 0.2) is 60.9 Å². The van der Waals surface area contributed by atoms with Gasteiger partial charge < -0.3 is 36.8 Å². The quantitative estimate of drug-likeness (QED) is 0.129. The normalized spacial score (nSPS) is 14.3. The van der Waals surface area contributed by atoms with E-state index in [1.54, 1.807) is 6.20 Å². The predicted octanol–water partition coefficient (Wildman–Crippen LogP) is 2.37. The summed E-state index contributed by atoms with van der Waals surface area (Å²) in [7, 11) is 0. The monoisotopic (exact) mass is 574 g/mol. The molecule has 2 aromatic heterocycles. The number of amides is 3. The van der Waals surface area contributed by atoms with Crippen LogP contribution in [0.3, 0.4) is 0 Å². The molecule has 0 spiro atoms. The molecule has 0 bridgehead atoms. The minimum absolute atomic E-state index is 0.0248. The molecule has 42 heavy (non-hydrogen) atoms. The summed E-state index contributed by atoms with van der Waals surface area (Å²) in [6, 6.07) is 11.1. The Morgan fingerprint density at radius 1 is 0.738 bits per heavy atom. The van der Waals surface area contributed by atoms with Crippen molar-refractivity contribution in [2.45, 2.75) is 64.2 Å². The Bertz CT molecular complexity index is 1570. The molecule has 0 saturated carbocycles. The van der Waals surface area contributed by atoms with Gasteiger partial charge in [-0.05, 0) is 48.9 Å². The van der Waals surface area contributed by atoms with Crippen LogP contribution in [-0.4, -0.2) is 62.9 Å². The molecule has 4 rings (SSSR count). The van der Waals surface area contributed by atoms with Crippen molar-refractivity contribution >= 4 is 45.5 Å². The van der Waals surface area contributed by atoms with E-state index >= 15 is 0 Å². The Kier molecular flexibility index (Phi) is 9.64. The third-order valence-electron chi connectivity index (χ3n) is 7.26. The van der Waals surface area contributed by atoms with E-state index in [2.05, 4.69) is 25.9 Å². The van der Waals surface area contributed by atoms with E-state index in [1.807, 2.05) is 68.6 Å². The van der Waals surface area contributed by atoms with Gasteiger partial charge in [0.2, 0.25) is 17.7 Å². The summed E-state index contributed by atoms with van der Waals surface area (Å²) in [6.45, 7) is 5.23. The maximum atomic E-state index is 13.4. The zero-order chi connectivity index (χ0) is 30.4. The van der Waals surface area contributed by atoms with Crippen LogP contribution in [0.5, 0.6) is 0 Å². The molecule has 11 heteroatoms. The molecule has 3 amide bonds. The minimum atomic E-state index is -1.15. The number of carbonyl (C=O) groups excluding carboxylic acids is 3. The fourth-order valence-corrected chi connectivity index (χ4v) is 5.01. The van der Waals surface area contributed by atoms with E-state index < -0.39 is 47.9 Å². The molecule has 8 N–H and O–H groups in total. The van der Waals surface area contributed by atoms with Gasteiger partial charge in [-0.1, -0.05) is 50.2 Å². The number of nitrogens with one attached hydrogen (secondary N) is 5. The summed E-state index contributed by atoms with van der Waals surface area (Å²) >= 11 is 0. The van der Waals surface area contributed by atoms with Gasteiger partial charge in [0.15, 0.2) is 0 Å². The molecule has 0 aliphatic heterocycles. The number of H-pyrrole nitrogens is 2. The first-order valence-electron chi connectivity index (χ1n) is 14.0. The lowest BCUT2D eigenvalue weighted by Gasteiger charge is -2.24. The Morgan fingerprint density at radius 3 is 1.81 bits per heavy atom. The summed E-state index contributed by atoms with van der Waals surface area (Å²) < 4.78 is 0. The van der Waals surface area contributed by atoms with Crippen molar-refractivity contribution in [1.82, 2.24) is 25.9 Å². The maximum absolute atomic E-state index is 13.4. The van der Waals surface area contributed by atoms with E-state index in [9.17, 15) is 24.3 Å². The van der Waals surface area contributed by atoms with Gasteiger partial charge in [-0.2, -0.15) is 0 Å². The number of carboxylic acids is 1. The topological polar surface area (TPSA) is 182 Å². The highest BCUT2D eigenvalue weighted by molar-refractivity contribution is 5.95. The number of benzene rings is 2. The van der Waals surface area contributed by atoms with E-state index in [1.165, 1.54) is 6.92 Å². The van der Waals surface area contributed by atoms with Gasteiger partial charge in [-0.15, -0.1) is 0 Å². The number of hydrogen-bond donors (Lipinski definition) is 7. The Morgan fingerprint density at radius 2 is 1.26 bits per heavy atom. The van der Waals surface area contributed by atoms with Crippen molar-refractivity contribution in [1.29, 1.82) is 0 Å². The first-order valence-corrected chi connectivity index (χ1v) is 14.0. The molecule has 4 atom stereocenters. The molecular formula is C31H38N6O5. The number of fused-ring (bicyclic) bond motifs is 2. The number of para-hydroxylation sites is 2. The Labute approximate surface area is 243 Å². The van der Waals surface area contributed by atoms with Crippen LogP contribution in [0, 0.1) is 5.92 Å². The van der Waals surface area contributed by atoms with E-state index in [0.29, 0.717) is 0 Å².